The van der Waals surface area contributed by atoms with E-state index >= 15 is 0 Å². The lowest BCUT2D eigenvalue weighted by Gasteiger charge is -2.09. The number of nitrogens with zero attached hydrogens (tertiary/aromatic N) is 1. The molecule has 7 rings (SSSR count). The zero-order valence-corrected chi connectivity index (χ0v) is 41.0. The van der Waals surface area contributed by atoms with E-state index in [1.807, 2.05) is 96.9 Å². The number of pyridine rings is 1. The van der Waals surface area contributed by atoms with Crippen molar-refractivity contribution in [1.29, 1.82) is 0 Å². The van der Waals surface area contributed by atoms with Crippen LogP contribution in [0.2, 0.25) is 0 Å². The number of aryl methyl sites for hydroxylation is 4. The molecule has 0 aliphatic carbocycles. The van der Waals surface area contributed by atoms with Gasteiger partial charge in [-0.3, -0.25) is 0 Å². The number of hydrogen-bond donors (Lipinski definition) is 0. The Morgan fingerprint density at radius 1 is 0.217 bits per heavy atom. The Bertz CT molecular complexity index is 1950. The van der Waals surface area contributed by atoms with Gasteiger partial charge in [0.05, 0.1) is 11.4 Å². The first kappa shape index (κ1) is 56.6. The van der Waals surface area contributed by atoms with Crippen molar-refractivity contribution in [3.05, 3.63) is 186 Å². The van der Waals surface area contributed by atoms with Gasteiger partial charge >= 0.3 is 0 Å². The van der Waals surface area contributed by atoms with Gasteiger partial charge in [0.2, 0.25) is 0 Å². The number of aromatic nitrogens is 1. The van der Waals surface area contributed by atoms with Crippen LogP contribution in [0.3, 0.4) is 0 Å². The lowest BCUT2D eigenvalue weighted by atomic mass is 9.95. The molecule has 0 radical (unpaired) electrons. The Labute approximate surface area is 370 Å². The number of benzene rings is 6. The van der Waals surface area contributed by atoms with Gasteiger partial charge in [0.25, 0.3) is 0 Å². The van der Waals surface area contributed by atoms with E-state index in [0.29, 0.717) is 0 Å². The summed E-state index contributed by atoms with van der Waals surface area (Å²) in [6, 6.07) is 58.1. The van der Waals surface area contributed by atoms with Gasteiger partial charge in [-0.25, -0.2) is 4.98 Å². The lowest BCUT2D eigenvalue weighted by molar-refractivity contribution is 1.31. The number of hydrogen-bond acceptors (Lipinski definition) is 1. The molecule has 0 aliphatic heterocycles. The summed E-state index contributed by atoms with van der Waals surface area (Å²) in [5.41, 5.74) is 17.0. The third kappa shape index (κ3) is 19.5. The van der Waals surface area contributed by atoms with Crippen molar-refractivity contribution in [3.8, 4) is 55.9 Å². The van der Waals surface area contributed by atoms with Crippen molar-refractivity contribution < 1.29 is 0 Å². The van der Waals surface area contributed by atoms with Crippen LogP contribution in [-0.2, 0) is 0 Å². The summed E-state index contributed by atoms with van der Waals surface area (Å²) in [5.74, 6) is 0. The molecule has 0 atom stereocenters. The van der Waals surface area contributed by atoms with E-state index in [4.69, 9.17) is 4.98 Å². The van der Waals surface area contributed by atoms with Crippen LogP contribution in [0.5, 0.6) is 0 Å². The van der Waals surface area contributed by atoms with Gasteiger partial charge in [0.15, 0.2) is 0 Å². The monoisotopic (exact) mass is 804 g/mol. The molecule has 0 bridgehead atoms. The highest BCUT2D eigenvalue weighted by Crippen LogP contribution is 2.30. The molecule has 0 aliphatic rings. The molecular formula is C59H81N. The van der Waals surface area contributed by atoms with Gasteiger partial charge in [-0.1, -0.05) is 247 Å². The summed E-state index contributed by atoms with van der Waals surface area (Å²) < 4.78 is 0. The van der Waals surface area contributed by atoms with Crippen LogP contribution in [0, 0.1) is 27.7 Å². The minimum Gasteiger partial charge on any atom is -0.248 e. The topological polar surface area (TPSA) is 12.9 Å². The smallest absolute Gasteiger partial charge is 0.0709 e. The highest BCUT2D eigenvalue weighted by atomic mass is 14.7. The third-order valence-electron chi connectivity index (χ3n) is 8.14. The normalized spacial score (nSPS) is 8.83. The molecule has 0 spiro atoms. The molecule has 1 aromatic heterocycles. The Hall–Kier alpha value is -5.53. The summed E-state index contributed by atoms with van der Waals surface area (Å²) >= 11 is 0. The maximum absolute atomic E-state index is 4.80. The van der Waals surface area contributed by atoms with Crippen molar-refractivity contribution in [2.24, 2.45) is 0 Å². The van der Waals surface area contributed by atoms with E-state index in [1.165, 1.54) is 66.8 Å². The van der Waals surface area contributed by atoms with Crippen LogP contribution in [-0.4, -0.2) is 4.98 Å². The van der Waals surface area contributed by atoms with Gasteiger partial charge in [-0.15, -0.1) is 0 Å². The molecule has 322 valence electrons. The average molecular weight is 804 g/mol. The maximum atomic E-state index is 4.80. The predicted molar refractivity (Wildman–Crippen MR) is 276 cm³/mol. The Morgan fingerprint density at radius 3 is 0.650 bits per heavy atom. The molecule has 0 unspecified atom stereocenters. The first-order chi connectivity index (χ1) is 29.4. The lowest BCUT2D eigenvalue weighted by Crippen LogP contribution is -1.88. The van der Waals surface area contributed by atoms with E-state index in [-0.39, 0.29) is 0 Å². The van der Waals surface area contributed by atoms with E-state index in [2.05, 4.69) is 191 Å². The maximum Gasteiger partial charge on any atom is 0.0709 e. The molecule has 0 saturated carbocycles. The second-order valence-corrected chi connectivity index (χ2v) is 12.0. The first-order valence-corrected chi connectivity index (χ1v) is 22.9. The SMILES string of the molecule is CC.CC.CC.CC.CC.CC.CC.Cc1cccc(-c2cccc(-c3cccc(-c4cccc(C)c4)c3)c2)c1.Cc1cccc(-c2cccc(-c3cccc(C)c3)n2)c1. The van der Waals surface area contributed by atoms with Gasteiger partial charge in [0, 0.05) is 11.1 Å². The minimum absolute atomic E-state index is 1.02. The van der Waals surface area contributed by atoms with Crippen molar-refractivity contribution in [2.75, 3.05) is 0 Å². The average Bonchev–Trinajstić information content (AvgIpc) is 3.34. The summed E-state index contributed by atoms with van der Waals surface area (Å²) in [4.78, 5) is 4.80. The molecule has 1 heteroatoms. The van der Waals surface area contributed by atoms with Gasteiger partial charge in [0.1, 0.15) is 0 Å². The molecule has 1 nitrogen and oxygen atoms in total. The van der Waals surface area contributed by atoms with Gasteiger partial charge in [-0.2, -0.15) is 0 Å². The van der Waals surface area contributed by atoms with Crippen molar-refractivity contribution in [2.45, 2.75) is 125 Å². The Kier molecular flexibility index (Phi) is 33.4. The largest absolute Gasteiger partial charge is 0.248 e. The zero-order chi connectivity index (χ0) is 45.9. The van der Waals surface area contributed by atoms with Gasteiger partial charge < -0.3 is 0 Å². The highest BCUT2D eigenvalue weighted by Gasteiger charge is 2.06. The summed E-state index contributed by atoms with van der Waals surface area (Å²) in [6.45, 7) is 36.5. The summed E-state index contributed by atoms with van der Waals surface area (Å²) in [7, 11) is 0. The van der Waals surface area contributed by atoms with E-state index < -0.39 is 0 Å². The molecule has 0 amide bonds. The van der Waals surface area contributed by atoms with Crippen LogP contribution in [0.15, 0.2) is 164 Å². The Morgan fingerprint density at radius 2 is 0.400 bits per heavy atom. The fraction of sp³-hybridized carbons (Fsp3) is 0.305. The molecule has 0 fully saturated rings. The molecule has 60 heavy (non-hydrogen) atoms. The molecule has 7 aromatic rings. The molecule has 6 aromatic carbocycles. The summed E-state index contributed by atoms with van der Waals surface area (Å²) in [5, 5.41) is 0. The van der Waals surface area contributed by atoms with E-state index in [1.54, 1.807) is 0 Å². The van der Waals surface area contributed by atoms with Crippen molar-refractivity contribution in [3.63, 3.8) is 0 Å². The van der Waals surface area contributed by atoms with Crippen LogP contribution in [0.25, 0.3) is 55.9 Å². The van der Waals surface area contributed by atoms with Crippen LogP contribution in [0.4, 0.5) is 0 Å². The fourth-order valence-corrected chi connectivity index (χ4v) is 5.77. The molecule has 1 heterocycles. The second-order valence-electron chi connectivity index (χ2n) is 12.0. The standard InChI is InChI=1S/C26H22.C19H17N.7C2H6/c1-19-7-3-9-21(15-19)23-11-5-13-25(17-23)26-14-6-12-24(18-26)22-10-4-8-20(2)16-22;1-14-6-3-8-16(12-14)18-10-5-11-19(20-18)17-9-4-7-15(2)13-17;7*1-2/h3-18H,1-2H3;3-13H,1-2H3;7*1-2H3. The molecule has 0 N–H and O–H groups in total. The van der Waals surface area contributed by atoms with E-state index in [9.17, 15) is 0 Å². The van der Waals surface area contributed by atoms with Crippen LogP contribution in [0.1, 0.15) is 119 Å². The van der Waals surface area contributed by atoms with E-state index in [0.717, 1.165) is 11.4 Å². The highest BCUT2D eigenvalue weighted by molar-refractivity contribution is 5.77. The minimum atomic E-state index is 1.02. The summed E-state index contributed by atoms with van der Waals surface area (Å²) in [6.07, 6.45) is 0. The first-order valence-electron chi connectivity index (χ1n) is 22.9. The molecular weight excluding hydrogens is 723 g/mol. The zero-order valence-electron chi connectivity index (χ0n) is 41.0. The van der Waals surface area contributed by atoms with Crippen molar-refractivity contribution in [1.82, 2.24) is 4.98 Å². The number of rotatable bonds is 5. The van der Waals surface area contributed by atoms with Crippen LogP contribution < -0.4 is 0 Å². The van der Waals surface area contributed by atoms with Crippen LogP contribution >= 0.6 is 0 Å². The fourth-order valence-electron chi connectivity index (χ4n) is 5.77. The second kappa shape index (κ2) is 35.4. The van der Waals surface area contributed by atoms with Gasteiger partial charge in [-0.05, 0) is 97.5 Å². The quantitative estimate of drug-likeness (QED) is 0.169. The molecule has 0 saturated heterocycles. The van der Waals surface area contributed by atoms with Crippen molar-refractivity contribution >= 4 is 0 Å². The Balaban J connectivity index is 0. The predicted octanol–water partition coefficient (Wildman–Crippen LogP) is 19.5. The third-order valence-corrected chi connectivity index (χ3v) is 8.14.